The highest BCUT2D eigenvalue weighted by molar-refractivity contribution is 7.92. The Kier molecular flexibility index (Phi) is 6.61. The van der Waals surface area contributed by atoms with Crippen molar-refractivity contribution in [2.24, 2.45) is 0 Å². The number of thiazole rings is 1. The minimum absolute atomic E-state index is 0.296. The van der Waals surface area contributed by atoms with E-state index in [4.69, 9.17) is 39.8 Å². The molecule has 0 unspecified atom stereocenters. The SMILES string of the molecule is O=S(=O)(c1cccc(Cl)c1)C1CCN(c2nc(Cc3ccc(Cl)cc3Cl)cs2)CC1. The molecule has 158 valence electrons. The Labute approximate surface area is 195 Å². The van der Waals surface area contributed by atoms with E-state index in [0.29, 0.717) is 52.3 Å². The quantitative estimate of drug-likeness (QED) is 0.421. The highest BCUT2D eigenvalue weighted by Gasteiger charge is 2.32. The van der Waals surface area contributed by atoms with Crippen molar-refractivity contribution in [2.75, 3.05) is 18.0 Å². The van der Waals surface area contributed by atoms with Gasteiger partial charge in [0.1, 0.15) is 0 Å². The second-order valence-electron chi connectivity index (χ2n) is 7.22. The molecule has 0 bridgehead atoms. The molecule has 1 fully saturated rings. The van der Waals surface area contributed by atoms with Crippen LogP contribution in [0.15, 0.2) is 52.7 Å². The van der Waals surface area contributed by atoms with E-state index in [1.54, 1.807) is 35.6 Å². The van der Waals surface area contributed by atoms with Gasteiger partial charge >= 0.3 is 0 Å². The highest BCUT2D eigenvalue weighted by atomic mass is 35.5. The third kappa shape index (κ3) is 4.78. The first-order valence-corrected chi connectivity index (χ1v) is 13.0. The summed E-state index contributed by atoms with van der Waals surface area (Å²) in [4.78, 5) is 7.19. The summed E-state index contributed by atoms with van der Waals surface area (Å²) in [5.41, 5.74) is 1.91. The van der Waals surface area contributed by atoms with E-state index in [1.807, 2.05) is 17.5 Å². The number of benzene rings is 2. The van der Waals surface area contributed by atoms with Crippen molar-refractivity contribution >= 4 is 61.1 Å². The van der Waals surface area contributed by atoms with Crippen LogP contribution in [0.3, 0.4) is 0 Å². The van der Waals surface area contributed by atoms with E-state index in [0.717, 1.165) is 16.4 Å². The molecule has 1 aliphatic rings. The van der Waals surface area contributed by atoms with Crippen molar-refractivity contribution in [1.82, 2.24) is 4.98 Å². The zero-order chi connectivity index (χ0) is 21.3. The molecule has 4 rings (SSSR count). The molecule has 0 spiro atoms. The van der Waals surface area contributed by atoms with Crippen molar-refractivity contribution in [3.05, 3.63) is 74.2 Å². The van der Waals surface area contributed by atoms with Crippen LogP contribution in [0, 0.1) is 0 Å². The average Bonchev–Trinajstić information content (AvgIpc) is 3.19. The average molecular weight is 502 g/mol. The summed E-state index contributed by atoms with van der Waals surface area (Å²) in [5, 5.41) is 4.20. The van der Waals surface area contributed by atoms with Crippen LogP contribution in [-0.4, -0.2) is 31.7 Å². The predicted molar refractivity (Wildman–Crippen MR) is 125 cm³/mol. The lowest BCUT2D eigenvalue weighted by Crippen LogP contribution is -2.39. The van der Waals surface area contributed by atoms with Crippen molar-refractivity contribution in [2.45, 2.75) is 29.4 Å². The van der Waals surface area contributed by atoms with Gasteiger partial charge in [-0.05, 0) is 48.7 Å². The van der Waals surface area contributed by atoms with Gasteiger partial charge in [0.2, 0.25) is 0 Å². The van der Waals surface area contributed by atoms with Crippen molar-refractivity contribution < 1.29 is 8.42 Å². The number of sulfone groups is 1. The number of hydrogen-bond acceptors (Lipinski definition) is 5. The maximum absolute atomic E-state index is 12.9. The second-order valence-corrected chi connectivity index (χ2v) is 11.6. The summed E-state index contributed by atoms with van der Waals surface area (Å²) in [6, 6.07) is 12.0. The molecule has 1 saturated heterocycles. The third-order valence-electron chi connectivity index (χ3n) is 5.20. The van der Waals surface area contributed by atoms with Crippen LogP contribution in [0.2, 0.25) is 15.1 Å². The number of halogens is 3. The Morgan fingerprint density at radius 3 is 2.47 bits per heavy atom. The van der Waals surface area contributed by atoms with Gasteiger partial charge in [-0.15, -0.1) is 11.3 Å². The van der Waals surface area contributed by atoms with Crippen LogP contribution in [0.25, 0.3) is 0 Å². The van der Waals surface area contributed by atoms with Crippen LogP contribution in [-0.2, 0) is 16.3 Å². The molecule has 0 amide bonds. The molecular formula is C21H19Cl3N2O2S2. The summed E-state index contributed by atoms with van der Waals surface area (Å²) in [6.07, 6.45) is 1.76. The van der Waals surface area contributed by atoms with Crippen LogP contribution < -0.4 is 4.90 Å². The molecule has 2 aromatic carbocycles. The normalized spacial score (nSPS) is 15.5. The summed E-state index contributed by atoms with van der Waals surface area (Å²) in [5.74, 6) is 0. The fourth-order valence-electron chi connectivity index (χ4n) is 3.58. The molecule has 3 aromatic rings. The molecule has 0 atom stereocenters. The second kappa shape index (κ2) is 9.05. The Morgan fingerprint density at radius 2 is 1.77 bits per heavy atom. The lowest BCUT2D eigenvalue weighted by atomic mass is 10.1. The molecular weight excluding hydrogens is 483 g/mol. The van der Waals surface area contributed by atoms with Gasteiger partial charge in [-0.2, -0.15) is 0 Å². The first kappa shape index (κ1) is 21.9. The summed E-state index contributed by atoms with van der Waals surface area (Å²) in [6.45, 7) is 1.30. The molecule has 0 aliphatic carbocycles. The minimum atomic E-state index is -3.39. The fourth-order valence-corrected chi connectivity index (χ4v) is 6.96. The minimum Gasteiger partial charge on any atom is -0.348 e. The van der Waals surface area contributed by atoms with E-state index in [2.05, 4.69) is 4.90 Å². The van der Waals surface area contributed by atoms with Gasteiger partial charge in [-0.3, -0.25) is 0 Å². The van der Waals surface area contributed by atoms with E-state index >= 15 is 0 Å². The standard InChI is InChI=1S/C21H19Cl3N2O2S2/c22-15-2-1-3-19(11-15)30(27,28)18-6-8-26(9-7-18)21-25-17(13-29-21)10-14-4-5-16(23)12-20(14)24/h1-5,11-13,18H,6-10H2. The van der Waals surface area contributed by atoms with E-state index in [1.165, 1.54) is 6.07 Å². The Bertz CT molecular complexity index is 1160. The van der Waals surface area contributed by atoms with Gasteiger partial charge in [0, 0.05) is 40.0 Å². The van der Waals surface area contributed by atoms with E-state index in [-0.39, 0.29) is 0 Å². The largest absolute Gasteiger partial charge is 0.348 e. The topological polar surface area (TPSA) is 50.3 Å². The lowest BCUT2D eigenvalue weighted by molar-refractivity contribution is 0.529. The van der Waals surface area contributed by atoms with Crippen LogP contribution in [0.1, 0.15) is 24.1 Å². The van der Waals surface area contributed by atoms with Gasteiger partial charge in [0.15, 0.2) is 15.0 Å². The maximum atomic E-state index is 12.9. The summed E-state index contributed by atoms with van der Waals surface area (Å²) >= 11 is 19.8. The zero-order valence-corrected chi connectivity index (χ0v) is 19.8. The molecule has 2 heterocycles. The van der Waals surface area contributed by atoms with Gasteiger partial charge in [0.25, 0.3) is 0 Å². The first-order valence-electron chi connectivity index (χ1n) is 9.45. The highest BCUT2D eigenvalue weighted by Crippen LogP contribution is 2.31. The monoisotopic (exact) mass is 500 g/mol. The Hall–Kier alpha value is -1.31. The number of piperidine rings is 1. The molecule has 9 heteroatoms. The molecule has 1 aromatic heterocycles. The van der Waals surface area contributed by atoms with Gasteiger partial charge < -0.3 is 4.90 Å². The Balaban J connectivity index is 1.41. The number of aromatic nitrogens is 1. The van der Waals surface area contributed by atoms with E-state index < -0.39 is 15.1 Å². The van der Waals surface area contributed by atoms with Gasteiger partial charge in [0.05, 0.1) is 15.8 Å². The molecule has 30 heavy (non-hydrogen) atoms. The van der Waals surface area contributed by atoms with Crippen LogP contribution >= 0.6 is 46.1 Å². The molecule has 0 N–H and O–H groups in total. The summed E-state index contributed by atoms with van der Waals surface area (Å²) in [7, 11) is -3.39. The fraction of sp³-hybridized carbons (Fsp3) is 0.286. The molecule has 4 nitrogen and oxygen atoms in total. The summed E-state index contributed by atoms with van der Waals surface area (Å²) < 4.78 is 25.9. The molecule has 0 radical (unpaired) electrons. The first-order chi connectivity index (χ1) is 14.3. The Morgan fingerprint density at radius 1 is 1.03 bits per heavy atom. The smallest absolute Gasteiger partial charge is 0.185 e. The van der Waals surface area contributed by atoms with Gasteiger partial charge in [-0.1, -0.05) is 46.9 Å². The number of anilines is 1. The number of hydrogen-bond donors (Lipinski definition) is 0. The van der Waals surface area contributed by atoms with Crippen molar-refractivity contribution in [3.63, 3.8) is 0 Å². The number of nitrogens with zero attached hydrogens (tertiary/aromatic N) is 2. The molecule has 0 saturated carbocycles. The van der Waals surface area contributed by atoms with E-state index in [9.17, 15) is 8.42 Å². The predicted octanol–water partition coefficient (Wildman–Crippen LogP) is 6.14. The van der Waals surface area contributed by atoms with Crippen molar-refractivity contribution in [1.29, 1.82) is 0 Å². The lowest BCUT2D eigenvalue weighted by Gasteiger charge is -2.31. The van der Waals surface area contributed by atoms with Crippen molar-refractivity contribution in [3.8, 4) is 0 Å². The van der Waals surface area contributed by atoms with Crippen LogP contribution in [0.5, 0.6) is 0 Å². The van der Waals surface area contributed by atoms with Gasteiger partial charge in [-0.25, -0.2) is 13.4 Å². The van der Waals surface area contributed by atoms with Crippen LogP contribution in [0.4, 0.5) is 5.13 Å². The zero-order valence-electron chi connectivity index (χ0n) is 15.9. The molecule has 1 aliphatic heterocycles. The third-order valence-corrected chi connectivity index (χ3v) is 9.23. The number of rotatable bonds is 5. The maximum Gasteiger partial charge on any atom is 0.185 e.